The van der Waals surface area contributed by atoms with Gasteiger partial charge in [-0.2, -0.15) is 0 Å². The lowest BCUT2D eigenvalue weighted by molar-refractivity contribution is -0.159. The van der Waals surface area contributed by atoms with Gasteiger partial charge in [0.25, 0.3) is 5.91 Å². The monoisotopic (exact) mass is 460 g/mol. The van der Waals surface area contributed by atoms with Gasteiger partial charge in [-0.3, -0.25) is 9.59 Å². The highest BCUT2D eigenvalue weighted by Gasteiger charge is 2.32. The van der Waals surface area contributed by atoms with E-state index in [1.807, 2.05) is 0 Å². The van der Waals surface area contributed by atoms with Gasteiger partial charge < -0.3 is 20.1 Å². The molecule has 0 saturated heterocycles. The average Bonchev–Trinajstić information content (AvgIpc) is 2.78. The molecule has 9 heteroatoms. The van der Waals surface area contributed by atoms with Crippen molar-refractivity contribution < 1.29 is 28.7 Å². The summed E-state index contributed by atoms with van der Waals surface area (Å²) in [6, 6.07) is 13.0. The molecule has 2 amide bonds. The van der Waals surface area contributed by atoms with Crippen molar-refractivity contribution >= 4 is 35.4 Å². The first-order chi connectivity index (χ1) is 15.4. The van der Waals surface area contributed by atoms with E-state index < -0.39 is 35.8 Å². The average molecular weight is 461 g/mol. The maximum Gasteiger partial charge on any atom is 0.340 e. The summed E-state index contributed by atoms with van der Waals surface area (Å²) in [5, 5.41) is 5.40. The largest absolute Gasteiger partial charge is 0.464 e. The molecule has 0 aromatic heterocycles. The highest BCUT2D eigenvalue weighted by atomic mass is 35.5. The quantitative estimate of drug-likeness (QED) is 0.416. The fraction of sp³-hybridized carbons (Fsp3) is 0.304. The molecule has 0 aliphatic heterocycles. The molecule has 8 nitrogen and oxygen atoms in total. The molecule has 2 aromatic carbocycles. The van der Waals surface area contributed by atoms with Crippen LogP contribution < -0.4 is 10.6 Å². The van der Waals surface area contributed by atoms with E-state index in [1.165, 1.54) is 0 Å². The summed E-state index contributed by atoms with van der Waals surface area (Å²) >= 11 is 6.11. The van der Waals surface area contributed by atoms with Crippen molar-refractivity contribution in [3.8, 4) is 0 Å². The third-order valence-corrected chi connectivity index (χ3v) is 4.69. The van der Waals surface area contributed by atoms with E-state index >= 15 is 0 Å². The minimum absolute atomic E-state index is 0.0329. The van der Waals surface area contributed by atoms with Gasteiger partial charge in [-0.05, 0) is 31.5 Å². The molecule has 0 spiro atoms. The minimum Gasteiger partial charge on any atom is -0.464 e. The van der Waals surface area contributed by atoms with Crippen LogP contribution in [0.15, 0.2) is 54.6 Å². The number of halogens is 1. The van der Waals surface area contributed by atoms with Crippen LogP contribution in [0.2, 0.25) is 5.02 Å². The number of benzene rings is 2. The van der Waals surface area contributed by atoms with Crippen molar-refractivity contribution in [2.75, 3.05) is 13.2 Å². The summed E-state index contributed by atoms with van der Waals surface area (Å²) in [6.45, 7) is 3.23. The smallest absolute Gasteiger partial charge is 0.340 e. The number of carbonyl (C=O) groups is 4. The fourth-order valence-electron chi connectivity index (χ4n) is 2.89. The molecule has 1 atom stereocenters. The predicted octanol–water partition coefficient (Wildman–Crippen LogP) is 2.81. The molecule has 2 N–H and O–H groups in total. The Morgan fingerprint density at radius 3 is 1.97 bits per heavy atom. The Balaban J connectivity index is 2.20. The topological polar surface area (TPSA) is 111 Å². The zero-order valence-corrected chi connectivity index (χ0v) is 18.6. The number of nitrogens with one attached hydrogen (secondary N) is 2. The lowest BCUT2D eigenvalue weighted by atomic mass is 10.0. The van der Waals surface area contributed by atoms with Gasteiger partial charge in [0.15, 0.2) is 0 Å². The van der Waals surface area contributed by atoms with Gasteiger partial charge in [-0.25, -0.2) is 9.59 Å². The number of esters is 2. The van der Waals surface area contributed by atoms with Crippen LogP contribution in [-0.2, 0) is 23.9 Å². The highest BCUT2D eigenvalue weighted by Crippen LogP contribution is 2.20. The van der Waals surface area contributed by atoms with Crippen LogP contribution in [0.25, 0.3) is 0 Å². The number of ether oxygens (including phenoxy) is 2. The normalized spacial score (nSPS) is 11.4. The first kappa shape index (κ1) is 24.9. The molecule has 2 aromatic rings. The van der Waals surface area contributed by atoms with Crippen molar-refractivity contribution in [3.05, 3.63) is 70.7 Å². The molecule has 0 bridgehead atoms. The maximum atomic E-state index is 12.8. The van der Waals surface area contributed by atoms with Crippen LogP contribution >= 0.6 is 11.6 Å². The van der Waals surface area contributed by atoms with Crippen molar-refractivity contribution in [1.29, 1.82) is 0 Å². The first-order valence-electron chi connectivity index (χ1n) is 10.1. The van der Waals surface area contributed by atoms with Gasteiger partial charge in [-0.15, -0.1) is 0 Å². The van der Waals surface area contributed by atoms with Gasteiger partial charge >= 0.3 is 11.9 Å². The molecule has 0 saturated carbocycles. The molecule has 2 rings (SSSR count). The molecule has 32 heavy (non-hydrogen) atoms. The molecule has 0 aliphatic rings. The number of hydrogen-bond donors (Lipinski definition) is 2. The van der Waals surface area contributed by atoms with Crippen molar-refractivity contribution in [2.24, 2.45) is 0 Å². The Kier molecular flexibility index (Phi) is 9.69. The minimum atomic E-state index is -1.60. The van der Waals surface area contributed by atoms with E-state index in [4.69, 9.17) is 21.1 Å². The molecular weight excluding hydrogens is 436 g/mol. The van der Waals surface area contributed by atoms with E-state index in [-0.39, 0.29) is 30.2 Å². The van der Waals surface area contributed by atoms with E-state index in [1.54, 1.807) is 68.4 Å². The molecule has 0 unspecified atom stereocenters. The molecule has 0 heterocycles. The molecular formula is C23H25ClN2O6. The third kappa shape index (κ3) is 7.09. The summed E-state index contributed by atoms with van der Waals surface area (Å²) in [4.78, 5) is 49.8. The van der Waals surface area contributed by atoms with Crippen LogP contribution in [0.4, 0.5) is 0 Å². The Labute approximate surface area is 191 Å². The van der Waals surface area contributed by atoms with Crippen LogP contribution in [0.5, 0.6) is 0 Å². The number of carbonyl (C=O) groups excluding carboxylic acids is 4. The molecule has 170 valence electrons. The standard InChI is InChI=1S/C23H25ClN2O6/c1-3-31-22(29)20(23(30)32-4-2)26-19(27)14-18(15-10-6-5-7-11-15)25-21(28)16-12-8-9-13-17(16)24/h5-13,18,20H,3-4,14H2,1-2H3,(H,25,28)(H,26,27)/t18-/m0/s1. The van der Waals surface area contributed by atoms with E-state index in [0.717, 1.165) is 0 Å². The van der Waals surface area contributed by atoms with E-state index in [0.29, 0.717) is 5.56 Å². The lowest BCUT2D eigenvalue weighted by Crippen LogP contribution is -2.49. The Bertz CT molecular complexity index is 933. The molecule has 0 aliphatic carbocycles. The summed E-state index contributed by atoms with van der Waals surface area (Å²) < 4.78 is 9.72. The SMILES string of the molecule is CCOC(=O)C(NC(=O)C[C@H](NC(=O)c1ccccc1Cl)c1ccccc1)C(=O)OCC. The van der Waals surface area contributed by atoms with Gasteiger partial charge in [-0.1, -0.05) is 54.1 Å². The summed E-state index contributed by atoms with van der Waals surface area (Å²) in [6.07, 6.45) is -0.241. The van der Waals surface area contributed by atoms with E-state index in [9.17, 15) is 19.2 Å². The van der Waals surface area contributed by atoms with Gasteiger partial charge in [0.2, 0.25) is 11.9 Å². The van der Waals surface area contributed by atoms with Gasteiger partial charge in [0, 0.05) is 0 Å². The summed E-state index contributed by atoms with van der Waals surface area (Å²) in [7, 11) is 0. The second-order valence-electron chi connectivity index (χ2n) is 6.63. The first-order valence-corrected chi connectivity index (χ1v) is 10.5. The Hall–Kier alpha value is -3.39. The third-order valence-electron chi connectivity index (χ3n) is 4.37. The maximum absolute atomic E-state index is 12.8. The van der Waals surface area contributed by atoms with Crippen LogP contribution in [0, 0.1) is 0 Å². The fourth-order valence-corrected chi connectivity index (χ4v) is 3.11. The van der Waals surface area contributed by atoms with Crippen molar-refractivity contribution in [1.82, 2.24) is 10.6 Å². The van der Waals surface area contributed by atoms with Gasteiger partial charge in [0.05, 0.1) is 36.3 Å². The summed E-state index contributed by atoms with van der Waals surface area (Å²) in [5.41, 5.74) is 0.915. The van der Waals surface area contributed by atoms with Crippen LogP contribution in [0.3, 0.4) is 0 Å². The zero-order chi connectivity index (χ0) is 23.5. The second-order valence-corrected chi connectivity index (χ2v) is 7.03. The molecule has 0 radical (unpaired) electrons. The van der Waals surface area contributed by atoms with Gasteiger partial charge in [0.1, 0.15) is 0 Å². The Morgan fingerprint density at radius 2 is 1.41 bits per heavy atom. The van der Waals surface area contributed by atoms with Crippen LogP contribution in [0.1, 0.15) is 42.2 Å². The second kappa shape index (κ2) is 12.5. The molecule has 0 fully saturated rings. The predicted molar refractivity (Wildman–Crippen MR) is 118 cm³/mol. The van der Waals surface area contributed by atoms with Crippen LogP contribution in [-0.4, -0.2) is 43.0 Å². The zero-order valence-electron chi connectivity index (χ0n) is 17.8. The Morgan fingerprint density at radius 1 is 0.844 bits per heavy atom. The van der Waals surface area contributed by atoms with E-state index in [2.05, 4.69) is 10.6 Å². The number of rotatable bonds is 10. The number of amides is 2. The lowest BCUT2D eigenvalue weighted by Gasteiger charge is -2.21. The highest BCUT2D eigenvalue weighted by molar-refractivity contribution is 6.33. The van der Waals surface area contributed by atoms with Crippen molar-refractivity contribution in [2.45, 2.75) is 32.4 Å². The van der Waals surface area contributed by atoms with Crippen molar-refractivity contribution in [3.63, 3.8) is 0 Å². The number of hydrogen-bond acceptors (Lipinski definition) is 6. The summed E-state index contributed by atoms with van der Waals surface area (Å²) in [5.74, 6) is -2.96.